The summed E-state index contributed by atoms with van der Waals surface area (Å²) in [5.74, 6) is -1.91. The molecule has 6 N–H and O–H groups in total. The summed E-state index contributed by atoms with van der Waals surface area (Å²) < 4.78 is 9.22. The van der Waals surface area contributed by atoms with Gasteiger partial charge in [0.15, 0.2) is 0 Å². The number of hydrogen-bond acceptors (Lipinski definition) is 10. The number of aryl methyl sites for hydroxylation is 2. The van der Waals surface area contributed by atoms with E-state index in [1.165, 1.54) is 28.7 Å². The van der Waals surface area contributed by atoms with Crippen molar-refractivity contribution in [1.29, 1.82) is 0 Å². The first kappa shape index (κ1) is 37.2. The molecule has 3 rings (SSSR count). The van der Waals surface area contributed by atoms with Crippen molar-refractivity contribution >= 4 is 45.3 Å². The van der Waals surface area contributed by atoms with Crippen LogP contribution in [0, 0.1) is 13.8 Å². The van der Waals surface area contributed by atoms with Gasteiger partial charge in [-0.05, 0) is 82.3 Å². The number of nitrogens with two attached hydrogens (primary N) is 1. The number of phenolic OH excluding ortho intramolecular Hbond substituents is 1. The fraction of sp³-hybridized carbons (Fsp3) is 0.515. The van der Waals surface area contributed by atoms with E-state index in [9.17, 15) is 24.3 Å². The summed E-state index contributed by atoms with van der Waals surface area (Å²) >= 11 is 0. The van der Waals surface area contributed by atoms with Crippen LogP contribution in [0.15, 0.2) is 42.5 Å². The SMILES string of the molecule is COC(=O)[C@H]1NC(=O)C(Cc2ccccc2)OCCNC(=O)[C@@H](NC(=O)[C@@H](N)Cc2c(C)cc(O)cc2C)C(C)(C)SSC1(C)C. The number of hydrogen-bond donors (Lipinski definition) is 5. The number of rotatable bonds is 7. The first-order chi connectivity index (χ1) is 21.6. The maximum absolute atomic E-state index is 13.7. The van der Waals surface area contributed by atoms with Crippen molar-refractivity contribution in [3.8, 4) is 5.75 Å². The van der Waals surface area contributed by atoms with Gasteiger partial charge < -0.3 is 36.3 Å². The molecule has 0 saturated carbocycles. The van der Waals surface area contributed by atoms with E-state index < -0.39 is 57.4 Å². The van der Waals surface area contributed by atoms with E-state index in [2.05, 4.69) is 16.0 Å². The number of ether oxygens (including phenoxy) is 2. The van der Waals surface area contributed by atoms with Crippen LogP contribution in [0.5, 0.6) is 5.75 Å². The van der Waals surface area contributed by atoms with Gasteiger partial charge in [-0.3, -0.25) is 14.4 Å². The second kappa shape index (κ2) is 16.0. The summed E-state index contributed by atoms with van der Waals surface area (Å²) in [7, 11) is 3.86. The smallest absolute Gasteiger partial charge is 0.329 e. The lowest BCUT2D eigenvalue weighted by Gasteiger charge is -2.38. The molecule has 3 amide bonds. The predicted molar refractivity (Wildman–Crippen MR) is 181 cm³/mol. The molecule has 1 fully saturated rings. The minimum Gasteiger partial charge on any atom is -0.508 e. The van der Waals surface area contributed by atoms with Crippen LogP contribution in [-0.2, 0) is 41.5 Å². The van der Waals surface area contributed by atoms with E-state index in [-0.39, 0.29) is 31.7 Å². The molecule has 2 aromatic carbocycles. The molecular weight excluding hydrogens is 629 g/mol. The summed E-state index contributed by atoms with van der Waals surface area (Å²) in [6.45, 7) is 11.0. The number of methoxy groups -OCH3 is 1. The van der Waals surface area contributed by atoms with Crippen LogP contribution in [0.2, 0.25) is 0 Å². The highest BCUT2D eigenvalue weighted by Gasteiger charge is 2.44. The van der Waals surface area contributed by atoms with Crippen molar-refractivity contribution < 1.29 is 33.8 Å². The van der Waals surface area contributed by atoms with Crippen LogP contribution in [0.4, 0.5) is 0 Å². The maximum Gasteiger partial charge on any atom is 0.329 e. The molecule has 1 unspecified atom stereocenters. The van der Waals surface area contributed by atoms with Crippen molar-refractivity contribution in [2.45, 2.75) is 88.1 Å². The number of benzene rings is 2. The molecule has 0 aliphatic carbocycles. The normalized spacial score (nSPS) is 22.8. The molecule has 46 heavy (non-hydrogen) atoms. The molecule has 2 aromatic rings. The van der Waals surface area contributed by atoms with Gasteiger partial charge in [0.25, 0.3) is 0 Å². The number of nitrogens with one attached hydrogen (secondary N) is 3. The van der Waals surface area contributed by atoms with Gasteiger partial charge in [-0.1, -0.05) is 51.9 Å². The van der Waals surface area contributed by atoms with Gasteiger partial charge in [-0.25, -0.2) is 4.79 Å². The monoisotopic (exact) mass is 674 g/mol. The van der Waals surface area contributed by atoms with Gasteiger partial charge in [0.05, 0.1) is 24.5 Å². The van der Waals surface area contributed by atoms with Gasteiger partial charge in [-0.2, -0.15) is 0 Å². The Balaban J connectivity index is 1.88. The van der Waals surface area contributed by atoms with Crippen molar-refractivity contribution in [2.75, 3.05) is 20.3 Å². The molecule has 1 aliphatic heterocycles. The van der Waals surface area contributed by atoms with E-state index in [1.807, 2.05) is 58.0 Å². The fourth-order valence-corrected chi connectivity index (χ4v) is 7.93. The Morgan fingerprint density at radius 3 is 2.28 bits per heavy atom. The Morgan fingerprint density at radius 2 is 1.67 bits per heavy atom. The summed E-state index contributed by atoms with van der Waals surface area (Å²) in [5.41, 5.74) is 9.69. The summed E-state index contributed by atoms with van der Waals surface area (Å²) in [6, 6.07) is 9.56. The zero-order chi connectivity index (χ0) is 34.2. The number of carbonyl (C=O) groups is 4. The molecule has 0 bridgehead atoms. The van der Waals surface area contributed by atoms with E-state index in [4.69, 9.17) is 15.2 Å². The third-order valence-corrected chi connectivity index (χ3v) is 12.1. The molecule has 4 atom stereocenters. The van der Waals surface area contributed by atoms with Crippen molar-refractivity contribution in [2.24, 2.45) is 5.73 Å². The average Bonchev–Trinajstić information content (AvgIpc) is 3.00. The first-order valence-electron chi connectivity index (χ1n) is 15.1. The molecular formula is C33H46N4O7S2. The quantitative estimate of drug-likeness (QED) is 0.218. The van der Waals surface area contributed by atoms with Gasteiger partial charge in [0, 0.05) is 17.7 Å². The zero-order valence-corrected chi connectivity index (χ0v) is 29.1. The lowest BCUT2D eigenvalue weighted by Crippen LogP contribution is -2.60. The average molecular weight is 675 g/mol. The molecule has 0 aromatic heterocycles. The third-order valence-electron chi connectivity index (χ3n) is 7.85. The Hall–Kier alpha value is -3.26. The minimum atomic E-state index is -1.05. The van der Waals surface area contributed by atoms with Gasteiger partial charge in [0.1, 0.15) is 23.9 Å². The second-order valence-electron chi connectivity index (χ2n) is 12.5. The standard InChI is InChI=1S/C33H46N4O7S2/c1-19-15-22(38)16-20(2)23(19)18-24(34)28(39)36-26-30(41)35-13-14-44-25(17-21-11-9-8-10-12-21)29(40)37-27(31(42)43-7)33(5,6)46-45-32(26,3)4/h8-12,15-16,24-27,38H,13-14,17-18,34H2,1-7H3,(H,35,41)(H,36,39)(H,37,40)/t24-,25?,26+,27+/m0/s1. The highest BCUT2D eigenvalue weighted by atomic mass is 33.1. The molecule has 13 heteroatoms. The number of carbonyl (C=O) groups excluding carboxylic acids is 4. The van der Waals surface area contributed by atoms with E-state index in [1.54, 1.807) is 26.0 Å². The molecule has 252 valence electrons. The Labute approximate surface area is 278 Å². The number of esters is 1. The zero-order valence-electron chi connectivity index (χ0n) is 27.5. The fourth-order valence-electron chi connectivity index (χ4n) is 5.12. The Kier molecular flexibility index (Phi) is 13.0. The lowest BCUT2D eigenvalue weighted by molar-refractivity contribution is -0.147. The highest BCUT2D eigenvalue weighted by Crippen LogP contribution is 2.47. The minimum absolute atomic E-state index is 0.00481. The Morgan fingerprint density at radius 1 is 1.07 bits per heavy atom. The van der Waals surface area contributed by atoms with E-state index >= 15 is 0 Å². The van der Waals surface area contributed by atoms with Crippen LogP contribution in [-0.4, -0.2) is 82.8 Å². The van der Waals surface area contributed by atoms with E-state index in [0.29, 0.717) is 0 Å². The molecule has 1 saturated heterocycles. The van der Waals surface area contributed by atoms with Crippen LogP contribution in [0.3, 0.4) is 0 Å². The van der Waals surface area contributed by atoms with Gasteiger partial charge in [0.2, 0.25) is 17.7 Å². The molecule has 0 radical (unpaired) electrons. The number of phenols is 1. The van der Waals surface area contributed by atoms with Crippen molar-refractivity contribution in [3.63, 3.8) is 0 Å². The summed E-state index contributed by atoms with van der Waals surface area (Å²) in [6.07, 6.45) is -0.481. The number of aromatic hydroxyl groups is 1. The van der Waals surface area contributed by atoms with Crippen LogP contribution in [0.1, 0.15) is 49.9 Å². The van der Waals surface area contributed by atoms with Crippen LogP contribution in [0.25, 0.3) is 0 Å². The maximum atomic E-state index is 13.7. The molecule has 11 nitrogen and oxygen atoms in total. The van der Waals surface area contributed by atoms with E-state index in [0.717, 1.165) is 22.3 Å². The molecule has 0 spiro atoms. The Bertz CT molecular complexity index is 1380. The molecule has 1 heterocycles. The second-order valence-corrected chi connectivity index (χ2v) is 15.9. The largest absolute Gasteiger partial charge is 0.508 e. The van der Waals surface area contributed by atoms with Crippen LogP contribution < -0.4 is 21.7 Å². The summed E-state index contributed by atoms with van der Waals surface area (Å²) in [4.78, 5) is 53.6. The first-order valence-corrected chi connectivity index (χ1v) is 17.2. The van der Waals surface area contributed by atoms with Crippen molar-refractivity contribution in [3.05, 3.63) is 64.7 Å². The molecule has 1 aliphatic rings. The number of amides is 3. The van der Waals surface area contributed by atoms with Crippen LogP contribution >= 0.6 is 21.6 Å². The topological polar surface area (TPSA) is 169 Å². The summed E-state index contributed by atoms with van der Waals surface area (Å²) in [5, 5.41) is 18.5. The third kappa shape index (κ3) is 9.87. The van der Waals surface area contributed by atoms with Crippen molar-refractivity contribution in [1.82, 2.24) is 16.0 Å². The van der Waals surface area contributed by atoms with Gasteiger partial charge in [-0.15, -0.1) is 0 Å². The highest BCUT2D eigenvalue weighted by molar-refractivity contribution is 8.77. The lowest BCUT2D eigenvalue weighted by atomic mass is 9.95. The predicted octanol–water partition coefficient (Wildman–Crippen LogP) is 2.72. The van der Waals surface area contributed by atoms with Gasteiger partial charge >= 0.3 is 5.97 Å².